The van der Waals surface area contributed by atoms with Gasteiger partial charge in [-0.3, -0.25) is 0 Å². The summed E-state index contributed by atoms with van der Waals surface area (Å²) < 4.78 is 77.1. The third-order valence-corrected chi connectivity index (χ3v) is 3.84. The molecule has 0 saturated carbocycles. The fraction of sp³-hybridized carbons (Fsp3) is 0.125. The second-order valence-corrected chi connectivity index (χ2v) is 6.25. The van der Waals surface area contributed by atoms with Crippen LogP contribution in [0.25, 0.3) is 5.69 Å². The first-order chi connectivity index (χ1) is 13.2. The molecule has 8 nitrogen and oxygen atoms in total. The van der Waals surface area contributed by atoms with Gasteiger partial charge in [0.15, 0.2) is 0 Å². The number of halogens is 3. The van der Waals surface area contributed by atoms with Gasteiger partial charge in [-0.2, -0.15) is 13.4 Å². The van der Waals surface area contributed by atoms with Gasteiger partial charge in [0, 0.05) is 12.1 Å². The maximum Gasteiger partial charge on any atom is 0.488 e. The van der Waals surface area contributed by atoms with Crippen LogP contribution in [0.4, 0.5) is 12.7 Å². The topological polar surface area (TPSA) is 92.5 Å². The van der Waals surface area contributed by atoms with Crippen molar-refractivity contribution in [3.05, 3.63) is 59.9 Å². The number of nitrogens with zero attached hydrogens (tertiary/aromatic N) is 3. The number of methoxy groups -OCH3 is 1. The Labute approximate surface area is 157 Å². The molecule has 3 aromatic rings. The Morgan fingerprint density at radius 3 is 2.21 bits per heavy atom. The fourth-order valence-electron chi connectivity index (χ4n) is 2.19. The summed E-state index contributed by atoms with van der Waals surface area (Å²) in [6.45, 7) is -0.444. The molecule has 0 unspecified atom stereocenters. The van der Waals surface area contributed by atoms with E-state index in [1.165, 1.54) is 25.6 Å². The summed E-state index contributed by atoms with van der Waals surface area (Å²) in [5.74, 6) is -1.85. The zero-order valence-electron chi connectivity index (χ0n) is 14.2. The van der Waals surface area contributed by atoms with Crippen LogP contribution >= 0.6 is 0 Å². The zero-order chi connectivity index (χ0) is 20.3. The van der Waals surface area contributed by atoms with Gasteiger partial charge in [0.25, 0.3) is 0 Å². The highest BCUT2D eigenvalue weighted by atomic mass is 32.3. The highest BCUT2D eigenvalue weighted by Crippen LogP contribution is 2.23. The Kier molecular flexibility index (Phi) is 5.40. The molecular weight excluding hydrogens is 403 g/mol. The molecule has 1 aromatic heterocycles. The van der Waals surface area contributed by atoms with Crippen LogP contribution < -0.4 is 13.7 Å². The molecule has 0 aliphatic carbocycles. The van der Waals surface area contributed by atoms with Crippen molar-refractivity contribution in [1.82, 2.24) is 14.8 Å². The molecule has 0 bridgehead atoms. The molecule has 0 amide bonds. The number of ether oxygens (including phenoxy) is 2. The molecule has 148 valence electrons. The summed E-state index contributed by atoms with van der Waals surface area (Å²) in [6.07, 6.45) is 1.24. The van der Waals surface area contributed by atoms with E-state index in [0.717, 1.165) is 28.9 Å². The Hall–Kier alpha value is -3.28. The molecule has 0 N–H and O–H groups in total. The van der Waals surface area contributed by atoms with Gasteiger partial charge in [-0.05, 0) is 24.3 Å². The van der Waals surface area contributed by atoms with Crippen molar-refractivity contribution >= 4 is 10.5 Å². The van der Waals surface area contributed by atoms with Crippen LogP contribution in [-0.2, 0) is 17.1 Å². The predicted octanol–water partition coefficient (Wildman–Crippen LogP) is 2.73. The molecule has 0 aliphatic heterocycles. The zero-order valence-corrected chi connectivity index (χ0v) is 15.0. The average molecular weight is 415 g/mol. The van der Waals surface area contributed by atoms with E-state index >= 15 is 0 Å². The van der Waals surface area contributed by atoms with Crippen LogP contribution in [0.1, 0.15) is 5.56 Å². The van der Waals surface area contributed by atoms with E-state index in [2.05, 4.69) is 14.3 Å². The number of hydrogen-bond acceptors (Lipinski definition) is 7. The molecule has 12 heteroatoms. The van der Waals surface area contributed by atoms with Crippen LogP contribution in [0.3, 0.4) is 0 Å². The van der Waals surface area contributed by atoms with Crippen molar-refractivity contribution in [1.29, 1.82) is 0 Å². The van der Waals surface area contributed by atoms with E-state index in [1.54, 1.807) is 0 Å². The van der Waals surface area contributed by atoms with Crippen molar-refractivity contribution in [2.24, 2.45) is 0 Å². The molecule has 28 heavy (non-hydrogen) atoms. The molecule has 3 rings (SSSR count). The van der Waals surface area contributed by atoms with Crippen molar-refractivity contribution in [2.75, 3.05) is 7.11 Å². The van der Waals surface area contributed by atoms with Gasteiger partial charge in [0.2, 0.25) is 0 Å². The third-order valence-electron chi connectivity index (χ3n) is 3.45. The summed E-state index contributed by atoms with van der Waals surface area (Å²) in [5, 5.41) is 3.88. The first kappa shape index (κ1) is 19.5. The minimum absolute atomic E-state index is 0.0428. The SMILES string of the molecule is COc1ncn(-c2cc(F)c(COc3ccc(OS(=O)(=O)F)cc3)c(F)c2)n1. The van der Waals surface area contributed by atoms with Crippen LogP contribution in [0.15, 0.2) is 42.7 Å². The van der Waals surface area contributed by atoms with Gasteiger partial charge in [-0.25, -0.2) is 13.5 Å². The van der Waals surface area contributed by atoms with Gasteiger partial charge in [-0.15, -0.1) is 5.10 Å². The summed E-state index contributed by atoms with van der Waals surface area (Å²) in [7, 11) is -3.79. The summed E-state index contributed by atoms with van der Waals surface area (Å²) >= 11 is 0. The van der Waals surface area contributed by atoms with Crippen molar-refractivity contribution in [3.63, 3.8) is 0 Å². The molecular formula is C16H12F3N3O5S. The number of benzene rings is 2. The van der Waals surface area contributed by atoms with Crippen molar-refractivity contribution < 1.29 is 34.7 Å². The molecule has 0 radical (unpaired) electrons. The minimum atomic E-state index is -5.14. The lowest BCUT2D eigenvalue weighted by Crippen LogP contribution is -2.05. The van der Waals surface area contributed by atoms with E-state index in [-0.39, 0.29) is 28.8 Å². The monoisotopic (exact) mass is 415 g/mol. The van der Waals surface area contributed by atoms with Crippen LogP contribution in [0, 0.1) is 11.6 Å². The molecule has 2 aromatic carbocycles. The van der Waals surface area contributed by atoms with Gasteiger partial charge in [-0.1, -0.05) is 3.89 Å². The number of hydrogen-bond donors (Lipinski definition) is 0. The second kappa shape index (κ2) is 7.76. The standard InChI is InChI=1S/C16H12F3N3O5S/c1-25-16-20-9-22(21-16)10-6-14(17)13(15(18)7-10)8-26-11-2-4-12(5-3-11)27-28(19,23)24/h2-7,9H,8H2,1H3. The normalized spacial score (nSPS) is 11.3. The quantitative estimate of drug-likeness (QED) is 0.548. The van der Waals surface area contributed by atoms with Gasteiger partial charge < -0.3 is 13.7 Å². The van der Waals surface area contributed by atoms with Gasteiger partial charge >= 0.3 is 16.5 Å². The molecule has 1 heterocycles. The summed E-state index contributed by atoms with van der Waals surface area (Å²) in [6, 6.07) is 6.92. The largest absolute Gasteiger partial charge is 0.489 e. The van der Waals surface area contributed by atoms with Gasteiger partial charge in [0.05, 0.1) is 18.4 Å². The average Bonchev–Trinajstić information content (AvgIpc) is 3.10. The number of rotatable bonds is 7. The van der Waals surface area contributed by atoms with Gasteiger partial charge in [0.1, 0.15) is 36.1 Å². The number of aromatic nitrogens is 3. The molecule has 0 aliphatic rings. The predicted molar refractivity (Wildman–Crippen MR) is 89.3 cm³/mol. The lowest BCUT2D eigenvalue weighted by atomic mass is 10.2. The van der Waals surface area contributed by atoms with E-state index in [1.807, 2.05) is 0 Å². The maximum absolute atomic E-state index is 14.3. The third kappa shape index (κ3) is 4.71. The molecule has 0 saturated heterocycles. The van der Waals surface area contributed by atoms with Crippen LogP contribution in [-0.4, -0.2) is 30.3 Å². The van der Waals surface area contributed by atoms with Crippen molar-refractivity contribution in [3.8, 4) is 23.2 Å². The van der Waals surface area contributed by atoms with E-state index < -0.39 is 28.7 Å². The maximum atomic E-state index is 14.3. The smallest absolute Gasteiger partial charge is 0.488 e. The molecule has 0 spiro atoms. The molecule has 0 fully saturated rings. The Balaban J connectivity index is 1.72. The first-order valence-corrected chi connectivity index (χ1v) is 8.87. The highest BCUT2D eigenvalue weighted by Gasteiger charge is 2.15. The van der Waals surface area contributed by atoms with Crippen LogP contribution in [0.5, 0.6) is 17.5 Å². The fourth-order valence-corrected chi connectivity index (χ4v) is 2.53. The lowest BCUT2D eigenvalue weighted by molar-refractivity contribution is 0.292. The summed E-state index contributed by atoms with van der Waals surface area (Å²) in [4.78, 5) is 3.79. The Morgan fingerprint density at radius 1 is 1.07 bits per heavy atom. The first-order valence-electron chi connectivity index (χ1n) is 7.56. The van der Waals surface area contributed by atoms with E-state index in [9.17, 15) is 21.1 Å². The molecule has 0 atom stereocenters. The highest BCUT2D eigenvalue weighted by molar-refractivity contribution is 7.81. The van der Waals surface area contributed by atoms with E-state index in [4.69, 9.17) is 9.47 Å². The van der Waals surface area contributed by atoms with Crippen molar-refractivity contribution in [2.45, 2.75) is 6.61 Å². The van der Waals surface area contributed by atoms with Crippen LogP contribution in [0.2, 0.25) is 0 Å². The lowest BCUT2D eigenvalue weighted by Gasteiger charge is -2.10. The second-order valence-electron chi connectivity index (χ2n) is 5.30. The minimum Gasteiger partial charge on any atom is -0.489 e. The Bertz CT molecular complexity index is 1060. The summed E-state index contributed by atoms with van der Waals surface area (Å²) in [5.41, 5.74) is -0.231. The van der Waals surface area contributed by atoms with E-state index in [0.29, 0.717) is 0 Å². The Morgan fingerprint density at radius 2 is 1.68 bits per heavy atom.